The smallest absolute Gasteiger partial charge is 0.256 e. The number of likely N-dealkylation sites (tertiary alicyclic amines) is 1. The highest BCUT2D eigenvalue weighted by atomic mass is 16.6. The predicted octanol–water partition coefficient (Wildman–Crippen LogP) is 2.25. The number of aromatic hydroxyl groups is 1. The van der Waals surface area contributed by atoms with Gasteiger partial charge in [0, 0.05) is 11.1 Å². The number of aliphatic hydroxyl groups excluding tert-OH is 1. The first-order valence-electron chi connectivity index (χ1n) is 13.0. The molecule has 0 radical (unpaired) electrons. The van der Waals surface area contributed by atoms with Gasteiger partial charge in [-0.25, -0.2) is 0 Å². The number of aliphatic hydroxyl groups is 1. The number of rotatable bonds is 7. The van der Waals surface area contributed by atoms with Gasteiger partial charge in [-0.2, -0.15) is 0 Å². The van der Waals surface area contributed by atoms with Gasteiger partial charge in [0.15, 0.2) is 17.9 Å². The molecule has 0 spiro atoms. The SMILES string of the molecule is Cc1c(O)cccc1C(=O)N[C@@H](Cc1ccccc1)[C@H](O)C(=O)N1COC2(C)[C@H]1C(=O)N2[C@@H]1C=CCCC1. The van der Waals surface area contributed by atoms with Crippen LogP contribution in [-0.4, -0.2) is 74.4 Å². The van der Waals surface area contributed by atoms with Crippen LogP contribution in [0.1, 0.15) is 47.7 Å². The summed E-state index contributed by atoms with van der Waals surface area (Å²) in [4.78, 5) is 43.0. The normalized spacial score (nSPS) is 25.9. The molecule has 2 aromatic carbocycles. The summed E-state index contributed by atoms with van der Waals surface area (Å²) in [6, 6.07) is 11.9. The van der Waals surface area contributed by atoms with Crippen LogP contribution in [0.25, 0.3) is 0 Å². The number of phenolic OH excluding ortho intramolecular Hbond substituents is 1. The van der Waals surface area contributed by atoms with E-state index in [0.717, 1.165) is 24.8 Å². The molecule has 38 heavy (non-hydrogen) atoms. The molecule has 1 unspecified atom stereocenters. The molecule has 3 aliphatic rings. The second-order valence-electron chi connectivity index (χ2n) is 10.3. The van der Waals surface area contributed by atoms with Crippen LogP contribution in [0.15, 0.2) is 60.7 Å². The molecular weight excluding hydrogens is 486 g/mol. The van der Waals surface area contributed by atoms with Crippen LogP contribution in [0, 0.1) is 6.92 Å². The van der Waals surface area contributed by atoms with Crippen LogP contribution < -0.4 is 5.32 Å². The van der Waals surface area contributed by atoms with Crippen LogP contribution in [0.2, 0.25) is 0 Å². The van der Waals surface area contributed by atoms with Crippen LogP contribution >= 0.6 is 0 Å². The van der Waals surface area contributed by atoms with E-state index < -0.39 is 35.7 Å². The highest BCUT2D eigenvalue weighted by molar-refractivity contribution is 5.98. The fraction of sp³-hybridized carbons (Fsp3) is 0.414. The zero-order valence-electron chi connectivity index (χ0n) is 21.5. The van der Waals surface area contributed by atoms with Crippen molar-refractivity contribution in [3.8, 4) is 5.75 Å². The number of allylic oxidation sites excluding steroid dienone is 1. The summed E-state index contributed by atoms with van der Waals surface area (Å²) in [6.07, 6.45) is 5.43. The summed E-state index contributed by atoms with van der Waals surface area (Å²) in [6.45, 7) is 3.29. The Morgan fingerprint density at radius 1 is 1.18 bits per heavy atom. The van der Waals surface area contributed by atoms with Gasteiger partial charge in [-0.05, 0) is 57.2 Å². The van der Waals surface area contributed by atoms with Crippen molar-refractivity contribution in [1.82, 2.24) is 15.1 Å². The van der Waals surface area contributed by atoms with Crippen molar-refractivity contribution in [2.45, 2.75) is 69.5 Å². The molecule has 9 nitrogen and oxygen atoms in total. The third-order valence-electron chi connectivity index (χ3n) is 7.91. The molecular formula is C29H33N3O6. The first-order chi connectivity index (χ1) is 18.2. The van der Waals surface area contributed by atoms with Crippen molar-refractivity contribution in [2.75, 3.05) is 6.73 Å². The van der Waals surface area contributed by atoms with E-state index in [1.807, 2.05) is 36.4 Å². The van der Waals surface area contributed by atoms with Gasteiger partial charge in [-0.1, -0.05) is 48.6 Å². The summed E-state index contributed by atoms with van der Waals surface area (Å²) in [5, 5.41) is 24.1. The Morgan fingerprint density at radius 2 is 1.95 bits per heavy atom. The second kappa shape index (κ2) is 10.2. The number of β-lactam (4-membered cyclic amide) rings is 1. The predicted molar refractivity (Wildman–Crippen MR) is 139 cm³/mol. The van der Waals surface area contributed by atoms with Crippen LogP contribution in [0.3, 0.4) is 0 Å². The average Bonchev–Trinajstić information content (AvgIpc) is 3.22. The number of hydrogen-bond acceptors (Lipinski definition) is 6. The van der Waals surface area contributed by atoms with Gasteiger partial charge in [0.25, 0.3) is 17.7 Å². The van der Waals surface area contributed by atoms with Gasteiger partial charge in [-0.3, -0.25) is 19.3 Å². The zero-order chi connectivity index (χ0) is 27.0. The number of amides is 3. The van der Waals surface area contributed by atoms with Crippen molar-refractivity contribution >= 4 is 17.7 Å². The largest absolute Gasteiger partial charge is 0.508 e. The minimum Gasteiger partial charge on any atom is -0.508 e. The topological polar surface area (TPSA) is 119 Å². The quantitative estimate of drug-likeness (QED) is 0.381. The summed E-state index contributed by atoms with van der Waals surface area (Å²) in [5.74, 6) is -1.44. The Labute approximate surface area is 221 Å². The number of hydrogen-bond donors (Lipinski definition) is 3. The van der Waals surface area contributed by atoms with Gasteiger partial charge in [0.2, 0.25) is 0 Å². The lowest BCUT2D eigenvalue weighted by atomic mass is 9.86. The van der Waals surface area contributed by atoms with Crippen molar-refractivity contribution in [1.29, 1.82) is 0 Å². The molecule has 0 aromatic heterocycles. The maximum atomic E-state index is 13.6. The summed E-state index contributed by atoms with van der Waals surface area (Å²) < 4.78 is 5.99. The molecule has 200 valence electrons. The summed E-state index contributed by atoms with van der Waals surface area (Å²) in [7, 11) is 0. The minimum atomic E-state index is -1.63. The third kappa shape index (κ3) is 4.46. The first-order valence-corrected chi connectivity index (χ1v) is 13.0. The van der Waals surface area contributed by atoms with Crippen molar-refractivity contribution < 1.29 is 29.3 Å². The molecule has 1 aliphatic carbocycles. The molecule has 5 rings (SSSR count). The van der Waals surface area contributed by atoms with Crippen LogP contribution in [0.4, 0.5) is 0 Å². The molecule has 2 aliphatic heterocycles. The van der Waals surface area contributed by atoms with Gasteiger partial charge >= 0.3 is 0 Å². The van der Waals surface area contributed by atoms with E-state index in [2.05, 4.69) is 11.4 Å². The number of phenols is 1. The lowest BCUT2D eigenvalue weighted by Crippen LogP contribution is -2.77. The summed E-state index contributed by atoms with van der Waals surface area (Å²) in [5.41, 5.74) is 0.486. The number of carbonyl (C=O) groups excluding carboxylic acids is 3. The Kier molecular flexibility index (Phi) is 6.98. The molecule has 2 aromatic rings. The highest BCUT2D eigenvalue weighted by Crippen LogP contribution is 2.45. The van der Waals surface area contributed by atoms with E-state index in [9.17, 15) is 24.6 Å². The fourth-order valence-electron chi connectivity index (χ4n) is 5.75. The molecule has 2 saturated heterocycles. The van der Waals surface area contributed by atoms with Crippen LogP contribution in [0.5, 0.6) is 5.75 Å². The maximum Gasteiger partial charge on any atom is 0.256 e. The van der Waals surface area contributed by atoms with E-state index in [4.69, 9.17) is 4.74 Å². The van der Waals surface area contributed by atoms with E-state index in [1.165, 1.54) is 11.0 Å². The van der Waals surface area contributed by atoms with Gasteiger partial charge in [0.1, 0.15) is 12.5 Å². The Balaban J connectivity index is 1.36. The Bertz CT molecular complexity index is 1260. The van der Waals surface area contributed by atoms with Crippen molar-refractivity contribution in [3.63, 3.8) is 0 Å². The number of fused-ring (bicyclic) bond motifs is 1. The Morgan fingerprint density at radius 3 is 2.66 bits per heavy atom. The highest BCUT2D eigenvalue weighted by Gasteiger charge is 2.67. The molecule has 2 heterocycles. The van der Waals surface area contributed by atoms with Gasteiger partial charge < -0.3 is 25.2 Å². The Hall–Kier alpha value is -3.69. The molecule has 3 amide bonds. The minimum absolute atomic E-state index is 0.0248. The average molecular weight is 520 g/mol. The number of ether oxygens (including phenoxy) is 1. The number of nitrogens with zero attached hydrogens (tertiary/aromatic N) is 2. The fourth-order valence-corrected chi connectivity index (χ4v) is 5.75. The van der Waals surface area contributed by atoms with Crippen molar-refractivity contribution in [3.05, 3.63) is 77.4 Å². The van der Waals surface area contributed by atoms with Crippen molar-refractivity contribution in [2.24, 2.45) is 0 Å². The molecule has 5 atom stereocenters. The molecule has 2 fully saturated rings. The lowest BCUT2D eigenvalue weighted by molar-refractivity contribution is -0.206. The lowest BCUT2D eigenvalue weighted by Gasteiger charge is -2.54. The van der Waals surface area contributed by atoms with E-state index in [1.54, 1.807) is 30.9 Å². The summed E-state index contributed by atoms with van der Waals surface area (Å²) >= 11 is 0. The number of benzene rings is 2. The zero-order valence-corrected chi connectivity index (χ0v) is 21.5. The van der Waals surface area contributed by atoms with Gasteiger partial charge in [-0.15, -0.1) is 0 Å². The first kappa shape index (κ1) is 25.9. The van der Waals surface area contributed by atoms with E-state index in [0.29, 0.717) is 5.56 Å². The van der Waals surface area contributed by atoms with Crippen LogP contribution in [-0.2, 0) is 20.7 Å². The van der Waals surface area contributed by atoms with E-state index in [-0.39, 0.29) is 36.4 Å². The number of carbonyl (C=O) groups is 3. The standard InChI is InChI=1S/C29H33N3O6/c1-18-21(14-9-15-23(18)33)26(35)30-22(16-19-10-5-3-6-11-19)24(34)27(36)31-17-38-29(2)25(31)28(37)32(29)20-12-7-4-8-13-20/h3,5-7,9-12,14-15,20,22,24-25,33-34H,4,8,13,16-17H2,1-2H3,(H,30,35)/t20-,22+,24+,25-,29?/m1/s1. The van der Waals surface area contributed by atoms with E-state index >= 15 is 0 Å². The van der Waals surface area contributed by atoms with Gasteiger partial charge in [0.05, 0.1) is 12.1 Å². The molecule has 3 N–H and O–H groups in total. The molecule has 0 saturated carbocycles. The molecule has 0 bridgehead atoms. The third-order valence-corrected chi connectivity index (χ3v) is 7.91. The maximum absolute atomic E-state index is 13.6. The molecule has 9 heteroatoms. The monoisotopic (exact) mass is 519 g/mol. The number of nitrogens with one attached hydrogen (secondary N) is 1. The second-order valence-corrected chi connectivity index (χ2v) is 10.3.